The summed E-state index contributed by atoms with van der Waals surface area (Å²) >= 11 is 0. The summed E-state index contributed by atoms with van der Waals surface area (Å²) in [5.41, 5.74) is 8.23. The van der Waals surface area contributed by atoms with E-state index in [0.29, 0.717) is 22.3 Å². The van der Waals surface area contributed by atoms with Gasteiger partial charge in [0, 0.05) is 5.56 Å². The standard InChI is InChI=1S/C12H10FN5/c1-6-2-7(4-8(13)3-6)10-9-5-15-18-11(9)17-12(14)16-10/h2-5H,1H3,(H3,14,15,16,17,18). The van der Waals surface area contributed by atoms with Gasteiger partial charge in [-0.3, -0.25) is 5.10 Å². The summed E-state index contributed by atoms with van der Waals surface area (Å²) < 4.78 is 13.4. The molecular formula is C12H10FN5. The quantitative estimate of drug-likeness (QED) is 0.685. The van der Waals surface area contributed by atoms with Crippen LogP contribution in [0.5, 0.6) is 0 Å². The van der Waals surface area contributed by atoms with E-state index in [9.17, 15) is 4.39 Å². The third kappa shape index (κ3) is 1.67. The second-order valence-electron chi connectivity index (χ2n) is 4.08. The average molecular weight is 243 g/mol. The summed E-state index contributed by atoms with van der Waals surface area (Å²) in [5.74, 6) is -0.178. The number of nitrogens with zero attached hydrogens (tertiary/aromatic N) is 3. The van der Waals surface area contributed by atoms with Crippen LogP contribution in [0, 0.1) is 12.7 Å². The predicted octanol–water partition coefficient (Wildman–Crippen LogP) is 2.05. The van der Waals surface area contributed by atoms with Gasteiger partial charge < -0.3 is 5.73 Å². The van der Waals surface area contributed by atoms with Crippen LogP contribution in [0.2, 0.25) is 0 Å². The zero-order valence-corrected chi connectivity index (χ0v) is 9.61. The number of aromatic nitrogens is 4. The van der Waals surface area contributed by atoms with Gasteiger partial charge in [0.15, 0.2) is 5.65 Å². The van der Waals surface area contributed by atoms with Crippen molar-refractivity contribution in [2.24, 2.45) is 0 Å². The normalized spacial score (nSPS) is 11.0. The summed E-state index contributed by atoms with van der Waals surface area (Å²) in [6, 6.07) is 4.72. The highest BCUT2D eigenvalue weighted by molar-refractivity contribution is 5.90. The minimum absolute atomic E-state index is 0.128. The maximum atomic E-state index is 13.4. The number of hydrogen-bond acceptors (Lipinski definition) is 4. The van der Waals surface area contributed by atoms with Crippen molar-refractivity contribution in [3.8, 4) is 11.3 Å². The van der Waals surface area contributed by atoms with Crippen molar-refractivity contribution in [2.75, 3.05) is 5.73 Å². The molecule has 0 amide bonds. The van der Waals surface area contributed by atoms with Crippen molar-refractivity contribution in [1.29, 1.82) is 0 Å². The molecule has 3 N–H and O–H groups in total. The Bertz CT molecular complexity index is 714. The van der Waals surface area contributed by atoms with Crippen molar-refractivity contribution in [3.05, 3.63) is 35.8 Å². The molecule has 0 atom stereocenters. The van der Waals surface area contributed by atoms with Crippen LogP contribution in [0.25, 0.3) is 22.3 Å². The van der Waals surface area contributed by atoms with Crippen LogP contribution in [0.15, 0.2) is 24.4 Å². The highest BCUT2D eigenvalue weighted by atomic mass is 19.1. The van der Waals surface area contributed by atoms with Crippen LogP contribution in [-0.2, 0) is 0 Å². The molecule has 5 nitrogen and oxygen atoms in total. The number of nitrogens with one attached hydrogen (secondary N) is 1. The maximum absolute atomic E-state index is 13.4. The molecule has 3 rings (SSSR count). The van der Waals surface area contributed by atoms with Gasteiger partial charge in [0.1, 0.15) is 5.82 Å². The molecule has 6 heteroatoms. The van der Waals surface area contributed by atoms with Crippen LogP contribution in [-0.4, -0.2) is 20.2 Å². The maximum Gasteiger partial charge on any atom is 0.222 e. The minimum atomic E-state index is -0.307. The summed E-state index contributed by atoms with van der Waals surface area (Å²) in [6.45, 7) is 1.82. The molecule has 0 saturated heterocycles. The van der Waals surface area contributed by atoms with E-state index in [0.717, 1.165) is 5.56 Å². The van der Waals surface area contributed by atoms with Gasteiger partial charge in [0.05, 0.1) is 17.3 Å². The molecule has 0 unspecified atom stereocenters. The molecule has 3 aromatic rings. The molecule has 0 fully saturated rings. The molecule has 18 heavy (non-hydrogen) atoms. The fourth-order valence-corrected chi connectivity index (χ4v) is 1.95. The van der Waals surface area contributed by atoms with Gasteiger partial charge in [-0.2, -0.15) is 10.1 Å². The van der Waals surface area contributed by atoms with E-state index in [1.807, 2.05) is 13.0 Å². The molecule has 0 aliphatic rings. The Morgan fingerprint density at radius 1 is 1.22 bits per heavy atom. The van der Waals surface area contributed by atoms with E-state index < -0.39 is 0 Å². The fraction of sp³-hybridized carbons (Fsp3) is 0.0833. The largest absolute Gasteiger partial charge is 0.368 e. The molecule has 2 heterocycles. The van der Waals surface area contributed by atoms with Crippen molar-refractivity contribution < 1.29 is 4.39 Å². The topological polar surface area (TPSA) is 80.5 Å². The lowest BCUT2D eigenvalue weighted by atomic mass is 10.1. The Hall–Kier alpha value is -2.50. The molecule has 1 aromatic carbocycles. The van der Waals surface area contributed by atoms with Gasteiger partial charge in [-0.1, -0.05) is 0 Å². The van der Waals surface area contributed by atoms with E-state index in [1.54, 1.807) is 6.20 Å². The zero-order chi connectivity index (χ0) is 12.7. The van der Waals surface area contributed by atoms with Crippen molar-refractivity contribution in [1.82, 2.24) is 20.2 Å². The van der Waals surface area contributed by atoms with Gasteiger partial charge in [-0.05, 0) is 30.7 Å². The number of aromatic amines is 1. The summed E-state index contributed by atoms with van der Waals surface area (Å²) in [5, 5.41) is 7.34. The first kappa shape index (κ1) is 10.6. The van der Waals surface area contributed by atoms with Crippen LogP contribution < -0.4 is 5.73 Å². The smallest absolute Gasteiger partial charge is 0.222 e. The van der Waals surface area contributed by atoms with Crippen LogP contribution in [0.4, 0.5) is 10.3 Å². The van der Waals surface area contributed by atoms with E-state index in [4.69, 9.17) is 5.73 Å². The Kier molecular flexibility index (Phi) is 2.22. The Labute approximate surface area is 102 Å². The number of nitrogen functional groups attached to an aromatic ring is 1. The zero-order valence-electron chi connectivity index (χ0n) is 9.61. The summed E-state index contributed by atoms with van der Waals surface area (Å²) in [4.78, 5) is 8.19. The molecular weight excluding hydrogens is 233 g/mol. The molecule has 0 aliphatic carbocycles. The van der Waals surface area contributed by atoms with Crippen LogP contribution in [0.3, 0.4) is 0 Å². The van der Waals surface area contributed by atoms with E-state index in [1.165, 1.54) is 12.1 Å². The second kappa shape index (κ2) is 3.76. The van der Waals surface area contributed by atoms with E-state index in [-0.39, 0.29) is 11.8 Å². The Balaban J connectivity index is 2.33. The highest BCUT2D eigenvalue weighted by Crippen LogP contribution is 2.26. The number of benzene rings is 1. The Morgan fingerprint density at radius 3 is 2.83 bits per heavy atom. The van der Waals surface area contributed by atoms with Gasteiger partial charge in [-0.15, -0.1) is 0 Å². The number of anilines is 1. The molecule has 0 radical (unpaired) electrons. The fourth-order valence-electron chi connectivity index (χ4n) is 1.95. The second-order valence-corrected chi connectivity index (χ2v) is 4.08. The van der Waals surface area contributed by atoms with Gasteiger partial charge in [0.2, 0.25) is 5.95 Å². The first-order chi connectivity index (χ1) is 8.63. The molecule has 0 aliphatic heterocycles. The predicted molar refractivity (Wildman–Crippen MR) is 66.2 cm³/mol. The lowest BCUT2D eigenvalue weighted by Crippen LogP contribution is -1.97. The van der Waals surface area contributed by atoms with Gasteiger partial charge in [-0.25, -0.2) is 9.37 Å². The number of aryl methyl sites for hydroxylation is 1. The van der Waals surface area contributed by atoms with E-state index in [2.05, 4.69) is 20.2 Å². The lowest BCUT2D eigenvalue weighted by molar-refractivity contribution is 0.627. The first-order valence-electron chi connectivity index (χ1n) is 5.37. The highest BCUT2D eigenvalue weighted by Gasteiger charge is 2.11. The minimum Gasteiger partial charge on any atom is -0.368 e. The summed E-state index contributed by atoms with van der Waals surface area (Å²) in [6.07, 6.45) is 1.60. The monoisotopic (exact) mass is 243 g/mol. The van der Waals surface area contributed by atoms with Crippen molar-refractivity contribution in [2.45, 2.75) is 6.92 Å². The SMILES string of the molecule is Cc1cc(F)cc(-c2nc(N)nc3[nH]ncc23)c1. The molecule has 90 valence electrons. The van der Waals surface area contributed by atoms with Crippen molar-refractivity contribution in [3.63, 3.8) is 0 Å². The first-order valence-corrected chi connectivity index (χ1v) is 5.37. The van der Waals surface area contributed by atoms with E-state index >= 15 is 0 Å². The third-order valence-corrected chi connectivity index (χ3v) is 2.64. The van der Waals surface area contributed by atoms with Gasteiger partial charge in [0.25, 0.3) is 0 Å². The molecule has 0 saturated carbocycles. The number of rotatable bonds is 1. The number of halogens is 1. The molecule has 0 spiro atoms. The van der Waals surface area contributed by atoms with Crippen LogP contribution >= 0.6 is 0 Å². The number of fused-ring (bicyclic) bond motifs is 1. The summed E-state index contributed by atoms with van der Waals surface area (Å²) in [7, 11) is 0. The average Bonchev–Trinajstić information content (AvgIpc) is 2.74. The number of H-pyrrole nitrogens is 1. The lowest BCUT2D eigenvalue weighted by Gasteiger charge is -2.05. The van der Waals surface area contributed by atoms with Gasteiger partial charge >= 0.3 is 0 Å². The number of nitrogens with two attached hydrogens (primary N) is 1. The van der Waals surface area contributed by atoms with Crippen LogP contribution in [0.1, 0.15) is 5.56 Å². The molecule has 0 bridgehead atoms. The molecule has 2 aromatic heterocycles. The third-order valence-electron chi connectivity index (χ3n) is 2.64. The van der Waals surface area contributed by atoms with Crippen molar-refractivity contribution >= 4 is 17.0 Å². The number of hydrogen-bond donors (Lipinski definition) is 2. The Morgan fingerprint density at radius 2 is 2.06 bits per heavy atom.